The minimum Gasteiger partial charge on any atom is -0.469 e. The van der Waals surface area contributed by atoms with Gasteiger partial charge in [0.05, 0.1) is 39.5 Å². The number of rotatable bonds is 12. The quantitative estimate of drug-likeness (QED) is 0.171. The van der Waals surface area contributed by atoms with Gasteiger partial charge < -0.3 is 23.6 Å². The average Bonchev–Trinajstić information content (AvgIpc) is 2.96. The highest BCUT2D eigenvalue weighted by Crippen LogP contribution is 2.52. The molecule has 0 bridgehead atoms. The molecule has 0 saturated carbocycles. The van der Waals surface area contributed by atoms with E-state index in [1.165, 1.54) is 0 Å². The number of halogens is 2. The summed E-state index contributed by atoms with van der Waals surface area (Å²) in [5.74, 6) is -2.78. The monoisotopic (exact) mass is 740 g/mol. The molecule has 0 aromatic heterocycles. The SMILES string of the molecule is CC.COC(=O)C(O)CC(CP(=O)(OCc1ccc(Br)cc1)OCc1ccc(Br)cc1)C(=O)OC.CSC(C)(C)C. The van der Waals surface area contributed by atoms with Gasteiger partial charge in [0.15, 0.2) is 6.10 Å². The number of carbonyl (C=O) groups excluding carboxylic acids is 2. The number of ether oxygens (including phenoxy) is 2. The van der Waals surface area contributed by atoms with Crippen LogP contribution in [0.4, 0.5) is 0 Å². The third-order valence-corrected chi connectivity index (χ3v) is 9.47. The molecule has 12 heteroatoms. The van der Waals surface area contributed by atoms with Crippen LogP contribution < -0.4 is 0 Å². The summed E-state index contributed by atoms with van der Waals surface area (Å²) in [7, 11) is -1.60. The molecule has 0 saturated heterocycles. The van der Waals surface area contributed by atoms with Gasteiger partial charge in [-0.3, -0.25) is 9.36 Å². The van der Waals surface area contributed by atoms with E-state index in [1.807, 2.05) is 49.9 Å². The molecule has 232 valence electrons. The molecule has 0 fully saturated rings. The van der Waals surface area contributed by atoms with Gasteiger partial charge in [0.1, 0.15) is 0 Å². The van der Waals surface area contributed by atoms with Crippen molar-refractivity contribution in [2.45, 2.75) is 65.1 Å². The zero-order valence-corrected chi connectivity index (χ0v) is 29.9. The number of hydrogen-bond donors (Lipinski definition) is 1. The number of thioether (sulfide) groups is 1. The predicted octanol–water partition coefficient (Wildman–Crippen LogP) is 8.03. The molecule has 0 aliphatic heterocycles. The molecule has 0 aliphatic rings. The van der Waals surface area contributed by atoms with Gasteiger partial charge in [-0.1, -0.05) is 90.7 Å². The second kappa shape index (κ2) is 20.7. The van der Waals surface area contributed by atoms with Crippen molar-refractivity contribution < 1.29 is 37.8 Å². The molecule has 2 aromatic carbocycles. The molecule has 0 amide bonds. The van der Waals surface area contributed by atoms with Crippen LogP contribution in [0.1, 0.15) is 52.2 Å². The van der Waals surface area contributed by atoms with Crippen LogP contribution in [0, 0.1) is 5.92 Å². The summed E-state index contributed by atoms with van der Waals surface area (Å²) in [6.07, 6.45) is -0.210. The molecule has 0 heterocycles. The van der Waals surface area contributed by atoms with Crippen molar-refractivity contribution in [3.63, 3.8) is 0 Å². The van der Waals surface area contributed by atoms with E-state index in [-0.39, 0.29) is 25.8 Å². The fourth-order valence-corrected chi connectivity index (χ4v) is 5.18. The van der Waals surface area contributed by atoms with E-state index in [0.29, 0.717) is 4.75 Å². The van der Waals surface area contributed by atoms with E-state index in [1.54, 1.807) is 24.3 Å². The zero-order chi connectivity index (χ0) is 31.6. The lowest BCUT2D eigenvalue weighted by atomic mass is 10.0. The molecule has 2 unspecified atom stereocenters. The van der Waals surface area contributed by atoms with Gasteiger partial charge in [0, 0.05) is 13.7 Å². The molecule has 2 aromatic rings. The summed E-state index contributed by atoms with van der Waals surface area (Å²) in [6.45, 7) is 10.6. The number of esters is 2. The van der Waals surface area contributed by atoms with Crippen molar-refractivity contribution in [1.82, 2.24) is 0 Å². The van der Waals surface area contributed by atoms with Gasteiger partial charge in [-0.2, -0.15) is 11.8 Å². The Kier molecular flexibility index (Phi) is 20.1. The summed E-state index contributed by atoms with van der Waals surface area (Å²) in [5.41, 5.74) is 1.49. The Hall–Kier alpha value is -1.20. The molecule has 2 atom stereocenters. The number of methoxy groups -OCH3 is 2. The maximum Gasteiger partial charge on any atom is 0.334 e. The van der Waals surface area contributed by atoms with E-state index in [4.69, 9.17) is 13.8 Å². The van der Waals surface area contributed by atoms with Crippen molar-refractivity contribution in [2.75, 3.05) is 26.6 Å². The average molecular weight is 743 g/mol. The van der Waals surface area contributed by atoms with Crippen molar-refractivity contribution >= 4 is 63.2 Å². The number of aliphatic hydroxyl groups excluding tert-OH is 1. The smallest absolute Gasteiger partial charge is 0.334 e. The van der Waals surface area contributed by atoms with Gasteiger partial charge >= 0.3 is 19.5 Å². The van der Waals surface area contributed by atoms with E-state index in [0.717, 1.165) is 34.3 Å². The first-order valence-electron chi connectivity index (χ1n) is 13.0. The summed E-state index contributed by atoms with van der Waals surface area (Å²) in [5, 5.41) is 10.0. The van der Waals surface area contributed by atoms with Crippen LogP contribution in [0.2, 0.25) is 0 Å². The Morgan fingerprint density at radius 3 is 1.54 bits per heavy atom. The first kappa shape index (κ1) is 39.8. The van der Waals surface area contributed by atoms with E-state index in [9.17, 15) is 19.3 Å². The van der Waals surface area contributed by atoms with Crippen molar-refractivity contribution in [3.05, 3.63) is 68.6 Å². The predicted molar refractivity (Wildman–Crippen MR) is 173 cm³/mol. The maximum absolute atomic E-state index is 13.7. The third kappa shape index (κ3) is 17.5. The number of benzene rings is 2. The van der Waals surface area contributed by atoms with E-state index < -0.39 is 31.6 Å². The minimum atomic E-state index is -3.88. The molecular weight excluding hydrogens is 699 g/mol. The highest BCUT2D eigenvalue weighted by atomic mass is 79.9. The fraction of sp³-hybridized carbons (Fsp3) is 0.517. The van der Waals surface area contributed by atoms with Gasteiger partial charge in [-0.15, -0.1) is 0 Å². The number of hydrogen-bond acceptors (Lipinski definition) is 9. The molecule has 0 spiro atoms. The first-order chi connectivity index (χ1) is 19.2. The normalized spacial score (nSPS) is 12.6. The number of aliphatic hydroxyl groups is 1. The van der Waals surface area contributed by atoms with Gasteiger partial charge in [-0.25, -0.2) is 4.79 Å². The second-order valence-corrected chi connectivity index (χ2v) is 15.0. The van der Waals surface area contributed by atoms with Crippen LogP contribution in [-0.4, -0.2) is 54.5 Å². The van der Waals surface area contributed by atoms with Crippen molar-refractivity contribution in [2.24, 2.45) is 5.92 Å². The minimum absolute atomic E-state index is 0.0294. The van der Waals surface area contributed by atoms with E-state index in [2.05, 4.69) is 63.6 Å². The van der Waals surface area contributed by atoms with Crippen LogP contribution in [0.25, 0.3) is 0 Å². The lowest BCUT2D eigenvalue weighted by Crippen LogP contribution is -2.31. The Morgan fingerprint density at radius 1 is 0.854 bits per heavy atom. The molecule has 8 nitrogen and oxygen atoms in total. The molecule has 0 radical (unpaired) electrons. The second-order valence-electron chi connectivity index (χ2n) is 9.40. The maximum atomic E-state index is 13.7. The standard InChI is InChI=1S/C22H25Br2O8P.C5H12S.C2H6/c1-29-21(26)17(11-20(25)22(27)30-2)14-33(28,31-12-15-3-7-18(23)8-4-15)32-13-16-5-9-19(24)10-6-16;1-5(2,3)6-4;1-2/h3-10,17,20,25H,11-14H2,1-2H3;1-4H3;1-2H3. The Morgan fingerprint density at radius 2 is 1.22 bits per heavy atom. The van der Waals surface area contributed by atoms with Crippen LogP contribution in [0.15, 0.2) is 57.5 Å². The largest absolute Gasteiger partial charge is 0.469 e. The lowest BCUT2D eigenvalue weighted by molar-refractivity contribution is -0.153. The van der Waals surface area contributed by atoms with E-state index >= 15 is 0 Å². The topological polar surface area (TPSA) is 108 Å². The summed E-state index contributed by atoms with van der Waals surface area (Å²) in [4.78, 5) is 24.0. The summed E-state index contributed by atoms with van der Waals surface area (Å²) >= 11 is 8.59. The van der Waals surface area contributed by atoms with Gasteiger partial charge in [0.25, 0.3) is 0 Å². The van der Waals surface area contributed by atoms with Crippen LogP contribution in [-0.2, 0) is 45.9 Å². The molecule has 0 aliphatic carbocycles. The van der Waals surface area contributed by atoms with Crippen LogP contribution in [0.5, 0.6) is 0 Å². The number of carbonyl (C=O) groups is 2. The van der Waals surface area contributed by atoms with Gasteiger partial charge in [-0.05, 0) is 48.1 Å². The Balaban J connectivity index is 0.00000177. The third-order valence-electron chi connectivity index (χ3n) is 5.25. The molecule has 1 N–H and O–H groups in total. The Labute approximate surface area is 266 Å². The lowest BCUT2D eigenvalue weighted by Gasteiger charge is -2.24. The van der Waals surface area contributed by atoms with Crippen LogP contribution in [0.3, 0.4) is 0 Å². The first-order valence-corrected chi connectivity index (χ1v) is 17.5. The van der Waals surface area contributed by atoms with Crippen LogP contribution >= 0.6 is 51.2 Å². The summed E-state index contributed by atoms with van der Waals surface area (Å²) in [6, 6.07) is 14.4. The highest BCUT2D eigenvalue weighted by Gasteiger charge is 2.36. The fourth-order valence-electron chi connectivity index (χ4n) is 2.83. The zero-order valence-electron chi connectivity index (χ0n) is 25.0. The Bertz CT molecular complexity index is 1020. The van der Waals surface area contributed by atoms with Crippen molar-refractivity contribution in [3.8, 4) is 0 Å². The van der Waals surface area contributed by atoms with Crippen molar-refractivity contribution in [1.29, 1.82) is 0 Å². The summed E-state index contributed by atoms with van der Waals surface area (Å²) < 4.78 is 36.6. The van der Waals surface area contributed by atoms with Gasteiger partial charge in [0.2, 0.25) is 0 Å². The highest BCUT2D eigenvalue weighted by molar-refractivity contribution is 9.10. The molecule has 41 heavy (non-hydrogen) atoms. The molecular formula is C29H43Br2O8PS. The molecule has 2 rings (SSSR count).